The van der Waals surface area contributed by atoms with Gasteiger partial charge in [-0.05, 0) is 25.0 Å². The first kappa shape index (κ1) is 15.0. The third kappa shape index (κ3) is 4.62. The molecule has 5 heteroatoms. The maximum atomic E-state index is 11.8. The Bertz CT molecular complexity index is 445. The highest BCUT2D eigenvalue weighted by Crippen LogP contribution is 2.18. The zero-order valence-corrected chi connectivity index (χ0v) is 11.3. The number of carboxylic acid groups (broad SMARTS) is 1. The number of hydrogen-bond acceptors (Lipinski definition) is 3. The average molecular weight is 265 g/mol. The quantitative estimate of drug-likeness (QED) is 0.812. The molecule has 1 aromatic rings. The molecule has 0 fully saturated rings. The third-order valence-electron chi connectivity index (χ3n) is 2.77. The zero-order chi connectivity index (χ0) is 14.3. The molecule has 0 saturated heterocycles. The fraction of sp³-hybridized carbons (Fsp3) is 0.429. The summed E-state index contributed by atoms with van der Waals surface area (Å²) in [7, 11) is 0. The smallest absolute Gasteiger partial charge is 0.323 e. The molecule has 0 unspecified atom stereocenters. The number of carboxylic acids is 1. The van der Waals surface area contributed by atoms with Crippen molar-refractivity contribution in [2.45, 2.75) is 20.3 Å². The minimum absolute atomic E-state index is 0.141. The summed E-state index contributed by atoms with van der Waals surface area (Å²) in [6, 6.07) is 7.50. The Hall–Kier alpha value is -2.04. The van der Waals surface area contributed by atoms with Crippen molar-refractivity contribution >= 4 is 11.9 Å². The van der Waals surface area contributed by atoms with Crippen LogP contribution >= 0.6 is 0 Å². The molecular formula is C14H19NO4. The number of carbonyl (C=O) groups excluding carboxylic acids is 1. The van der Waals surface area contributed by atoms with E-state index in [-0.39, 0.29) is 19.1 Å². The average Bonchev–Trinajstić information content (AvgIpc) is 2.42. The summed E-state index contributed by atoms with van der Waals surface area (Å²) in [5.41, 5.74) is 1.02. The van der Waals surface area contributed by atoms with Crippen LogP contribution in [0.25, 0.3) is 0 Å². The second kappa shape index (κ2) is 7.41. The lowest BCUT2D eigenvalue weighted by atomic mass is 10.1. The van der Waals surface area contributed by atoms with Crippen LogP contribution in [0.2, 0.25) is 0 Å². The van der Waals surface area contributed by atoms with Gasteiger partial charge in [0, 0.05) is 6.54 Å². The first-order valence-electron chi connectivity index (χ1n) is 6.28. The van der Waals surface area contributed by atoms with Gasteiger partial charge in [-0.25, -0.2) is 0 Å². The maximum absolute atomic E-state index is 11.8. The van der Waals surface area contributed by atoms with Crippen molar-refractivity contribution in [2.24, 2.45) is 0 Å². The molecule has 0 spiro atoms. The van der Waals surface area contributed by atoms with E-state index in [9.17, 15) is 9.59 Å². The fourth-order valence-corrected chi connectivity index (χ4v) is 1.71. The third-order valence-corrected chi connectivity index (χ3v) is 2.77. The molecule has 5 nitrogen and oxygen atoms in total. The van der Waals surface area contributed by atoms with Crippen molar-refractivity contribution in [1.82, 2.24) is 4.90 Å². The number of para-hydroxylation sites is 1. The van der Waals surface area contributed by atoms with Gasteiger partial charge in [0.25, 0.3) is 5.91 Å². The summed E-state index contributed by atoms with van der Waals surface area (Å²) < 4.78 is 5.47. The minimum atomic E-state index is -1.02. The molecule has 0 aromatic heterocycles. The Balaban J connectivity index is 2.60. The van der Waals surface area contributed by atoms with Gasteiger partial charge >= 0.3 is 5.97 Å². The maximum Gasteiger partial charge on any atom is 0.323 e. The standard InChI is InChI=1S/C14H19NO4/c1-3-11-7-5-6-8-12(11)19-10-13(16)15(4-2)9-14(17)18/h5-8H,3-4,9-10H2,1-2H3,(H,17,18). The van der Waals surface area contributed by atoms with Gasteiger partial charge in [0.2, 0.25) is 0 Å². The molecule has 0 aliphatic rings. The van der Waals surface area contributed by atoms with Crippen LogP contribution in [0.1, 0.15) is 19.4 Å². The van der Waals surface area contributed by atoms with Crippen LogP contribution in [0, 0.1) is 0 Å². The summed E-state index contributed by atoms with van der Waals surface area (Å²) in [6.07, 6.45) is 0.816. The second-order valence-corrected chi connectivity index (χ2v) is 4.05. The van der Waals surface area contributed by atoms with Gasteiger partial charge in [0.1, 0.15) is 12.3 Å². The number of carbonyl (C=O) groups is 2. The van der Waals surface area contributed by atoms with Crippen LogP contribution in [0.4, 0.5) is 0 Å². The van der Waals surface area contributed by atoms with Crippen LogP contribution in [0.3, 0.4) is 0 Å². The number of benzene rings is 1. The van der Waals surface area contributed by atoms with E-state index >= 15 is 0 Å². The molecule has 0 radical (unpaired) electrons. The Morgan fingerprint density at radius 3 is 2.53 bits per heavy atom. The van der Waals surface area contributed by atoms with Crippen molar-refractivity contribution in [2.75, 3.05) is 19.7 Å². The molecule has 0 aliphatic carbocycles. The molecule has 1 aromatic carbocycles. The number of nitrogens with zero attached hydrogens (tertiary/aromatic N) is 1. The Kier molecular flexibility index (Phi) is 5.85. The molecule has 1 rings (SSSR count). The van der Waals surface area contributed by atoms with Crippen molar-refractivity contribution in [1.29, 1.82) is 0 Å². The number of aliphatic carboxylic acids is 1. The molecule has 1 N–H and O–H groups in total. The fourth-order valence-electron chi connectivity index (χ4n) is 1.71. The molecular weight excluding hydrogens is 246 g/mol. The molecule has 0 bridgehead atoms. The highest BCUT2D eigenvalue weighted by Gasteiger charge is 2.15. The first-order valence-corrected chi connectivity index (χ1v) is 6.28. The number of likely N-dealkylation sites (N-methyl/N-ethyl adjacent to an activating group) is 1. The lowest BCUT2D eigenvalue weighted by molar-refractivity contribution is -0.145. The second-order valence-electron chi connectivity index (χ2n) is 4.05. The Morgan fingerprint density at radius 2 is 1.95 bits per heavy atom. The largest absolute Gasteiger partial charge is 0.483 e. The van der Waals surface area contributed by atoms with E-state index in [0.29, 0.717) is 12.3 Å². The van der Waals surface area contributed by atoms with E-state index in [1.807, 2.05) is 25.1 Å². The predicted molar refractivity (Wildman–Crippen MR) is 71.2 cm³/mol. The lowest BCUT2D eigenvalue weighted by Crippen LogP contribution is -2.38. The Morgan fingerprint density at radius 1 is 1.26 bits per heavy atom. The van der Waals surface area contributed by atoms with Gasteiger partial charge in [-0.2, -0.15) is 0 Å². The van der Waals surface area contributed by atoms with Crippen molar-refractivity contribution in [3.63, 3.8) is 0 Å². The normalized spacial score (nSPS) is 10.0. The van der Waals surface area contributed by atoms with Gasteiger partial charge in [0.15, 0.2) is 6.61 Å². The highest BCUT2D eigenvalue weighted by molar-refractivity contribution is 5.82. The summed E-state index contributed by atoms with van der Waals surface area (Å²) in [5, 5.41) is 8.70. The van der Waals surface area contributed by atoms with Crippen LogP contribution in [0.5, 0.6) is 5.75 Å². The van der Waals surface area contributed by atoms with Gasteiger partial charge in [0.05, 0.1) is 0 Å². The number of amides is 1. The van der Waals surface area contributed by atoms with Crippen molar-refractivity contribution in [3.8, 4) is 5.75 Å². The molecule has 0 aliphatic heterocycles. The first-order chi connectivity index (χ1) is 9.08. The minimum Gasteiger partial charge on any atom is -0.483 e. The molecule has 104 valence electrons. The van der Waals surface area contributed by atoms with E-state index in [1.54, 1.807) is 13.0 Å². The van der Waals surface area contributed by atoms with E-state index < -0.39 is 5.97 Å². The molecule has 1 amide bonds. The van der Waals surface area contributed by atoms with E-state index in [1.165, 1.54) is 4.90 Å². The molecule has 0 atom stereocenters. The number of rotatable bonds is 7. The van der Waals surface area contributed by atoms with Crippen LogP contribution in [-0.2, 0) is 16.0 Å². The number of aryl methyl sites for hydroxylation is 1. The Labute approximate surface area is 112 Å². The molecule has 0 heterocycles. The van der Waals surface area contributed by atoms with E-state index in [4.69, 9.17) is 9.84 Å². The van der Waals surface area contributed by atoms with Crippen LogP contribution < -0.4 is 4.74 Å². The van der Waals surface area contributed by atoms with Gasteiger partial charge < -0.3 is 14.7 Å². The van der Waals surface area contributed by atoms with Crippen molar-refractivity contribution < 1.29 is 19.4 Å². The lowest BCUT2D eigenvalue weighted by Gasteiger charge is -2.19. The topological polar surface area (TPSA) is 66.8 Å². The summed E-state index contributed by atoms with van der Waals surface area (Å²) in [4.78, 5) is 23.7. The SMILES string of the molecule is CCc1ccccc1OCC(=O)N(CC)CC(=O)O. The van der Waals surface area contributed by atoms with Crippen molar-refractivity contribution in [3.05, 3.63) is 29.8 Å². The van der Waals surface area contributed by atoms with E-state index in [0.717, 1.165) is 12.0 Å². The number of hydrogen-bond donors (Lipinski definition) is 1. The summed E-state index contributed by atoms with van der Waals surface area (Å²) in [6.45, 7) is 3.66. The molecule has 19 heavy (non-hydrogen) atoms. The van der Waals surface area contributed by atoms with Gasteiger partial charge in [-0.1, -0.05) is 25.1 Å². The predicted octanol–water partition coefficient (Wildman–Crippen LogP) is 1.56. The molecule has 0 saturated carbocycles. The van der Waals surface area contributed by atoms with Gasteiger partial charge in [-0.15, -0.1) is 0 Å². The van der Waals surface area contributed by atoms with Crippen LogP contribution in [0.15, 0.2) is 24.3 Å². The van der Waals surface area contributed by atoms with Crippen LogP contribution in [-0.4, -0.2) is 41.6 Å². The van der Waals surface area contributed by atoms with E-state index in [2.05, 4.69) is 0 Å². The summed E-state index contributed by atoms with van der Waals surface area (Å²) >= 11 is 0. The summed E-state index contributed by atoms with van der Waals surface area (Å²) in [5.74, 6) is -0.676. The monoisotopic (exact) mass is 265 g/mol. The highest BCUT2D eigenvalue weighted by atomic mass is 16.5. The zero-order valence-electron chi connectivity index (χ0n) is 11.3. The number of ether oxygens (including phenoxy) is 1. The van der Waals surface area contributed by atoms with Gasteiger partial charge in [-0.3, -0.25) is 9.59 Å².